The molecule has 0 spiro atoms. The van der Waals surface area contributed by atoms with Crippen LogP contribution in [0.1, 0.15) is 20.3 Å². The van der Waals surface area contributed by atoms with Crippen molar-refractivity contribution in [3.8, 4) is 0 Å². The van der Waals surface area contributed by atoms with Crippen LogP contribution >= 0.6 is 12.2 Å². The van der Waals surface area contributed by atoms with Crippen LogP contribution in [0, 0.1) is 5.41 Å². The predicted octanol–water partition coefficient (Wildman–Crippen LogP) is -0.258. The summed E-state index contributed by atoms with van der Waals surface area (Å²) in [5.74, 6) is 0.212. The van der Waals surface area contributed by atoms with Gasteiger partial charge in [0.1, 0.15) is 0 Å². The normalized spacial score (nSPS) is 27.4. The molecule has 1 fully saturated rings. The van der Waals surface area contributed by atoms with Crippen LogP contribution in [-0.2, 0) is 0 Å². The van der Waals surface area contributed by atoms with Crippen LogP contribution in [0.4, 0.5) is 0 Å². The highest BCUT2D eigenvalue weighted by Gasteiger charge is 2.27. The van der Waals surface area contributed by atoms with Gasteiger partial charge in [-0.2, -0.15) is 0 Å². The van der Waals surface area contributed by atoms with Gasteiger partial charge in [-0.05, 0) is 32.5 Å². The Bertz CT molecular complexity index is 229. The standard InChI is InChI=1S/C7H15N5S/c1-4-3-5(2)12(11-4)6(8)10-7(9)13/h4-5,11H,3H2,1-2H3,(H4,8,9,10,13). The van der Waals surface area contributed by atoms with Gasteiger partial charge < -0.3 is 11.1 Å². The molecule has 0 radical (unpaired) electrons. The van der Waals surface area contributed by atoms with Gasteiger partial charge in [0, 0.05) is 12.1 Å². The maximum absolute atomic E-state index is 7.62. The van der Waals surface area contributed by atoms with E-state index in [0.717, 1.165) is 6.42 Å². The highest BCUT2D eigenvalue weighted by atomic mass is 32.1. The molecule has 13 heavy (non-hydrogen) atoms. The zero-order chi connectivity index (χ0) is 10.0. The van der Waals surface area contributed by atoms with E-state index in [0.29, 0.717) is 12.1 Å². The number of guanidine groups is 1. The van der Waals surface area contributed by atoms with Gasteiger partial charge >= 0.3 is 0 Å². The average Bonchev–Trinajstić information content (AvgIpc) is 2.28. The molecule has 6 heteroatoms. The Kier molecular flexibility index (Phi) is 3.05. The van der Waals surface area contributed by atoms with Crippen molar-refractivity contribution in [3.05, 3.63) is 0 Å². The van der Waals surface area contributed by atoms with Gasteiger partial charge in [0.2, 0.25) is 5.96 Å². The molecule has 0 saturated carbocycles. The summed E-state index contributed by atoms with van der Waals surface area (Å²) >= 11 is 4.65. The maximum atomic E-state index is 7.62. The lowest BCUT2D eigenvalue weighted by atomic mass is 10.2. The summed E-state index contributed by atoms with van der Waals surface area (Å²) in [5, 5.41) is 12.1. The van der Waals surface area contributed by atoms with E-state index in [1.165, 1.54) is 0 Å². The second-order valence-electron chi connectivity index (χ2n) is 3.32. The number of hydrogen-bond acceptors (Lipinski definition) is 3. The molecule has 1 aliphatic heterocycles. The molecule has 74 valence electrons. The third-order valence-corrected chi connectivity index (χ3v) is 2.08. The third-order valence-electron chi connectivity index (χ3n) is 1.98. The summed E-state index contributed by atoms with van der Waals surface area (Å²) in [5.41, 5.74) is 8.41. The first kappa shape index (κ1) is 10.2. The summed E-state index contributed by atoms with van der Waals surface area (Å²) in [6.07, 6.45) is 1.02. The fourth-order valence-electron chi connectivity index (χ4n) is 1.50. The molecule has 0 aromatic rings. The van der Waals surface area contributed by atoms with Crippen molar-refractivity contribution in [1.29, 1.82) is 5.41 Å². The molecule has 0 amide bonds. The molecule has 1 aliphatic rings. The fraction of sp³-hybridized carbons (Fsp3) is 0.714. The Morgan fingerprint density at radius 2 is 2.31 bits per heavy atom. The molecule has 0 aromatic heterocycles. The zero-order valence-corrected chi connectivity index (χ0v) is 8.61. The number of hydrazine groups is 1. The van der Waals surface area contributed by atoms with Gasteiger partial charge in [-0.3, -0.25) is 10.4 Å². The van der Waals surface area contributed by atoms with Crippen molar-refractivity contribution >= 4 is 23.3 Å². The summed E-state index contributed by atoms with van der Waals surface area (Å²) in [6, 6.07) is 0.688. The minimum absolute atomic E-state index is 0.124. The summed E-state index contributed by atoms with van der Waals surface area (Å²) in [4.78, 5) is 0. The molecular formula is C7H15N5S. The number of rotatable bonds is 0. The van der Waals surface area contributed by atoms with E-state index in [9.17, 15) is 0 Å². The van der Waals surface area contributed by atoms with Crippen LogP contribution in [0.25, 0.3) is 0 Å². The van der Waals surface area contributed by atoms with Crippen molar-refractivity contribution in [3.63, 3.8) is 0 Å². The van der Waals surface area contributed by atoms with Gasteiger partial charge in [0.15, 0.2) is 5.11 Å². The van der Waals surface area contributed by atoms with E-state index in [2.05, 4.69) is 29.9 Å². The first-order valence-electron chi connectivity index (χ1n) is 4.21. The molecule has 1 saturated heterocycles. The number of nitrogens with two attached hydrogens (primary N) is 1. The smallest absolute Gasteiger partial charge is 0.212 e. The van der Waals surface area contributed by atoms with Crippen LogP contribution in [0.3, 0.4) is 0 Å². The van der Waals surface area contributed by atoms with Crippen molar-refractivity contribution < 1.29 is 0 Å². The number of hydrogen-bond donors (Lipinski definition) is 4. The first-order valence-corrected chi connectivity index (χ1v) is 4.62. The summed E-state index contributed by atoms with van der Waals surface area (Å²) in [7, 11) is 0. The number of nitrogens with zero attached hydrogens (tertiary/aromatic N) is 1. The van der Waals surface area contributed by atoms with Crippen molar-refractivity contribution in [2.75, 3.05) is 0 Å². The highest BCUT2D eigenvalue weighted by Crippen LogP contribution is 2.12. The van der Waals surface area contributed by atoms with Crippen LogP contribution < -0.4 is 16.5 Å². The molecular weight excluding hydrogens is 186 g/mol. The fourth-order valence-corrected chi connectivity index (χ4v) is 1.59. The van der Waals surface area contributed by atoms with Crippen LogP contribution in [-0.4, -0.2) is 28.2 Å². The Morgan fingerprint density at radius 3 is 2.69 bits per heavy atom. The van der Waals surface area contributed by atoms with E-state index >= 15 is 0 Å². The molecule has 2 atom stereocenters. The zero-order valence-electron chi connectivity index (χ0n) is 7.79. The van der Waals surface area contributed by atoms with Crippen molar-refractivity contribution in [2.24, 2.45) is 5.73 Å². The maximum Gasteiger partial charge on any atom is 0.212 e. The Hall–Kier alpha value is -0.880. The molecule has 2 unspecified atom stereocenters. The van der Waals surface area contributed by atoms with Crippen molar-refractivity contribution in [2.45, 2.75) is 32.4 Å². The van der Waals surface area contributed by atoms with E-state index in [1.54, 1.807) is 5.01 Å². The monoisotopic (exact) mass is 201 g/mol. The second kappa shape index (κ2) is 3.89. The van der Waals surface area contributed by atoms with E-state index in [4.69, 9.17) is 11.1 Å². The van der Waals surface area contributed by atoms with Gasteiger partial charge in [-0.1, -0.05) is 0 Å². The quantitative estimate of drug-likeness (QED) is 0.247. The second-order valence-corrected chi connectivity index (χ2v) is 3.76. The third kappa shape index (κ3) is 2.53. The lowest BCUT2D eigenvalue weighted by Gasteiger charge is -2.23. The molecule has 0 bridgehead atoms. The van der Waals surface area contributed by atoms with Gasteiger partial charge in [0.05, 0.1) is 0 Å². The highest BCUT2D eigenvalue weighted by molar-refractivity contribution is 7.80. The van der Waals surface area contributed by atoms with Crippen LogP contribution in [0.15, 0.2) is 0 Å². The van der Waals surface area contributed by atoms with E-state index in [1.807, 2.05) is 6.92 Å². The molecule has 1 rings (SSSR count). The Balaban J connectivity index is 2.52. The van der Waals surface area contributed by atoms with Crippen molar-refractivity contribution in [1.82, 2.24) is 15.8 Å². The van der Waals surface area contributed by atoms with E-state index < -0.39 is 0 Å². The number of nitrogens with one attached hydrogen (secondary N) is 3. The first-order chi connectivity index (χ1) is 6.00. The molecule has 0 aromatic carbocycles. The lowest BCUT2D eigenvalue weighted by molar-refractivity contribution is 0.309. The largest absolute Gasteiger partial charge is 0.376 e. The van der Waals surface area contributed by atoms with Crippen LogP contribution in [0.5, 0.6) is 0 Å². The predicted molar refractivity (Wildman–Crippen MR) is 56.2 cm³/mol. The molecule has 0 aliphatic carbocycles. The SMILES string of the molecule is CC1CC(C)N(C(=N)NC(N)=S)N1. The summed E-state index contributed by atoms with van der Waals surface area (Å²) < 4.78 is 0. The van der Waals surface area contributed by atoms with Gasteiger partial charge in [-0.25, -0.2) is 5.43 Å². The number of thiocarbonyl (C=S) groups is 1. The molecule has 5 N–H and O–H groups in total. The molecule has 5 nitrogen and oxygen atoms in total. The summed E-state index contributed by atoms with van der Waals surface area (Å²) in [6.45, 7) is 4.12. The Labute approximate surface area is 83.1 Å². The van der Waals surface area contributed by atoms with E-state index in [-0.39, 0.29) is 11.1 Å². The average molecular weight is 201 g/mol. The Morgan fingerprint density at radius 1 is 1.69 bits per heavy atom. The topological polar surface area (TPSA) is 77.2 Å². The minimum atomic E-state index is 0.124. The molecule has 1 heterocycles. The minimum Gasteiger partial charge on any atom is -0.376 e. The lowest BCUT2D eigenvalue weighted by Crippen LogP contribution is -2.51. The van der Waals surface area contributed by atoms with Gasteiger partial charge in [0.25, 0.3) is 0 Å². The van der Waals surface area contributed by atoms with Gasteiger partial charge in [-0.15, -0.1) is 0 Å². The van der Waals surface area contributed by atoms with Crippen LogP contribution in [0.2, 0.25) is 0 Å².